The van der Waals surface area contributed by atoms with Crippen molar-refractivity contribution in [3.05, 3.63) is 66.2 Å². The van der Waals surface area contributed by atoms with Crippen molar-refractivity contribution in [1.29, 1.82) is 0 Å². The van der Waals surface area contributed by atoms with Crippen LogP contribution < -0.4 is 10.2 Å². The first-order chi connectivity index (χ1) is 9.75. The number of nitrogens with one attached hydrogen (secondary N) is 1. The van der Waals surface area contributed by atoms with Crippen LogP contribution in [-0.4, -0.2) is 12.0 Å². The second-order valence-corrected chi connectivity index (χ2v) is 4.35. The number of carbonyl (C=O) groups is 1. The van der Waals surface area contributed by atoms with Crippen molar-refractivity contribution in [3.8, 4) is 5.75 Å². The van der Waals surface area contributed by atoms with E-state index in [1.807, 2.05) is 48.5 Å². The Kier molecular flexibility index (Phi) is 5.29. The maximum atomic E-state index is 11.8. The third kappa shape index (κ3) is 4.50. The van der Waals surface area contributed by atoms with Crippen molar-refractivity contribution in [2.24, 2.45) is 0 Å². The Bertz CT molecular complexity index is 528. The first kappa shape index (κ1) is 14.2. The highest BCUT2D eigenvalue weighted by Crippen LogP contribution is 2.09. The van der Waals surface area contributed by atoms with E-state index in [0.717, 1.165) is 5.56 Å². The molecule has 2 aromatic carbocycles. The lowest BCUT2D eigenvalue weighted by Crippen LogP contribution is -2.36. The topological polar surface area (TPSA) is 47.6 Å². The molecule has 0 unspecified atom stereocenters. The molecule has 0 heterocycles. The van der Waals surface area contributed by atoms with Crippen molar-refractivity contribution in [2.45, 2.75) is 19.6 Å². The van der Waals surface area contributed by atoms with Gasteiger partial charge in [-0.2, -0.15) is 5.48 Å². The number of rotatable bonds is 6. The van der Waals surface area contributed by atoms with E-state index in [1.165, 1.54) is 0 Å². The van der Waals surface area contributed by atoms with Gasteiger partial charge in [0.1, 0.15) is 11.8 Å². The van der Waals surface area contributed by atoms with Crippen molar-refractivity contribution in [1.82, 2.24) is 5.48 Å². The maximum Gasteiger partial charge on any atom is 0.330 e. The summed E-state index contributed by atoms with van der Waals surface area (Å²) < 4.78 is 5.20. The first-order valence-electron chi connectivity index (χ1n) is 6.43. The quantitative estimate of drug-likeness (QED) is 0.498. The molecular formula is C16H17NO3. The molecule has 0 radical (unpaired) electrons. The molecule has 1 atom stereocenters. The number of carbonyl (C=O) groups excluding carboxylic acids is 1. The minimum atomic E-state index is -0.543. The molecule has 1 N–H and O–H groups in total. The van der Waals surface area contributed by atoms with E-state index in [1.54, 1.807) is 19.1 Å². The van der Waals surface area contributed by atoms with Gasteiger partial charge in [-0.15, -0.1) is 0 Å². The van der Waals surface area contributed by atoms with Crippen LogP contribution in [0.3, 0.4) is 0 Å². The molecule has 0 saturated heterocycles. The van der Waals surface area contributed by atoms with Crippen molar-refractivity contribution < 1.29 is 14.4 Å². The molecule has 0 amide bonds. The lowest BCUT2D eigenvalue weighted by molar-refractivity contribution is -0.141. The molecule has 0 aliphatic rings. The van der Waals surface area contributed by atoms with Gasteiger partial charge in [-0.3, -0.25) is 4.84 Å². The number of benzene rings is 2. The van der Waals surface area contributed by atoms with E-state index in [0.29, 0.717) is 12.4 Å². The minimum absolute atomic E-state index is 0.385. The molecule has 20 heavy (non-hydrogen) atoms. The number of hydroxylamine groups is 1. The Morgan fingerprint density at radius 3 is 2.30 bits per heavy atom. The Labute approximate surface area is 118 Å². The van der Waals surface area contributed by atoms with Gasteiger partial charge in [0, 0.05) is 0 Å². The summed E-state index contributed by atoms with van der Waals surface area (Å²) in [4.78, 5) is 17.1. The second-order valence-electron chi connectivity index (χ2n) is 4.35. The van der Waals surface area contributed by atoms with Crippen LogP contribution in [0.15, 0.2) is 60.7 Å². The molecule has 0 aliphatic carbocycles. The monoisotopic (exact) mass is 271 g/mol. The Hall–Kier alpha value is -2.17. The second kappa shape index (κ2) is 7.43. The van der Waals surface area contributed by atoms with E-state index in [9.17, 15) is 4.79 Å². The Balaban J connectivity index is 1.74. The van der Waals surface area contributed by atoms with Crippen LogP contribution in [0.2, 0.25) is 0 Å². The van der Waals surface area contributed by atoms with Gasteiger partial charge in [-0.1, -0.05) is 48.5 Å². The van der Waals surface area contributed by atoms with E-state index in [4.69, 9.17) is 9.57 Å². The molecule has 2 rings (SSSR count). The Morgan fingerprint density at radius 1 is 1.05 bits per heavy atom. The molecule has 2 aromatic rings. The van der Waals surface area contributed by atoms with Crippen molar-refractivity contribution >= 4 is 5.97 Å². The molecule has 0 saturated carbocycles. The number of hydrogen-bond acceptors (Lipinski definition) is 4. The van der Waals surface area contributed by atoms with Crippen molar-refractivity contribution in [3.63, 3.8) is 0 Å². The molecule has 4 heteroatoms. The largest absolute Gasteiger partial charge is 0.425 e. The van der Waals surface area contributed by atoms with Crippen LogP contribution in [0.4, 0.5) is 0 Å². The number of hydrogen-bond donors (Lipinski definition) is 1. The van der Waals surface area contributed by atoms with E-state index in [-0.39, 0.29) is 5.97 Å². The highest BCUT2D eigenvalue weighted by molar-refractivity contribution is 5.77. The Morgan fingerprint density at radius 2 is 1.65 bits per heavy atom. The predicted molar refractivity (Wildman–Crippen MR) is 75.9 cm³/mol. The van der Waals surface area contributed by atoms with Crippen LogP contribution in [0.1, 0.15) is 12.5 Å². The SMILES string of the molecule is C[C@H](NOCc1ccccc1)C(=O)Oc1ccccc1. The lowest BCUT2D eigenvalue weighted by atomic mass is 10.2. The van der Waals surface area contributed by atoms with Crippen LogP contribution in [0, 0.1) is 0 Å². The fourth-order valence-electron chi connectivity index (χ4n) is 1.57. The average molecular weight is 271 g/mol. The van der Waals surface area contributed by atoms with Gasteiger partial charge < -0.3 is 4.74 Å². The predicted octanol–water partition coefficient (Wildman–Crippen LogP) is 2.70. The minimum Gasteiger partial charge on any atom is -0.425 e. The first-order valence-corrected chi connectivity index (χ1v) is 6.43. The molecule has 104 valence electrons. The summed E-state index contributed by atoms with van der Waals surface area (Å²) in [5, 5.41) is 0. The zero-order chi connectivity index (χ0) is 14.2. The summed E-state index contributed by atoms with van der Waals surface area (Å²) in [6.07, 6.45) is 0. The van der Waals surface area contributed by atoms with Gasteiger partial charge in [0.15, 0.2) is 0 Å². The van der Waals surface area contributed by atoms with Gasteiger partial charge in [0.2, 0.25) is 0 Å². The maximum absolute atomic E-state index is 11.8. The zero-order valence-corrected chi connectivity index (χ0v) is 11.3. The van der Waals surface area contributed by atoms with Crippen LogP contribution in [0.5, 0.6) is 5.75 Å². The smallest absolute Gasteiger partial charge is 0.330 e. The lowest BCUT2D eigenvalue weighted by Gasteiger charge is -2.13. The molecule has 4 nitrogen and oxygen atoms in total. The standard InChI is InChI=1S/C16H17NO3/c1-13(16(18)20-15-10-6-3-7-11-15)17-19-12-14-8-4-2-5-9-14/h2-11,13,17H,12H2,1H3/t13-/m0/s1. The fraction of sp³-hybridized carbons (Fsp3) is 0.188. The summed E-state index contributed by atoms with van der Waals surface area (Å²) in [5.74, 6) is 0.137. The van der Waals surface area contributed by atoms with Crippen LogP contribution in [-0.2, 0) is 16.2 Å². The molecule has 0 spiro atoms. The van der Waals surface area contributed by atoms with Gasteiger partial charge >= 0.3 is 5.97 Å². The van der Waals surface area contributed by atoms with Crippen LogP contribution in [0.25, 0.3) is 0 Å². The van der Waals surface area contributed by atoms with Crippen LogP contribution >= 0.6 is 0 Å². The number of ether oxygens (including phenoxy) is 1. The van der Waals surface area contributed by atoms with Gasteiger partial charge in [-0.05, 0) is 24.6 Å². The summed E-state index contributed by atoms with van der Waals surface area (Å²) in [7, 11) is 0. The molecule has 0 aliphatic heterocycles. The summed E-state index contributed by atoms with van der Waals surface area (Å²) in [5.41, 5.74) is 3.71. The van der Waals surface area contributed by atoms with E-state index < -0.39 is 6.04 Å². The average Bonchev–Trinajstić information content (AvgIpc) is 2.49. The molecule has 0 fully saturated rings. The van der Waals surface area contributed by atoms with Gasteiger partial charge in [0.05, 0.1) is 6.61 Å². The molecular weight excluding hydrogens is 254 g/mol. The fourth-order valence-corrected chi connectivity index (χ4v) is 1.57. The van der Waals surface area contributed by atoms with E-state index in [2.05, 4.69) is 5.48 Å². The zero-order valence-electron chi connectivity index (χ0n) is 11.3. The van der Waals surface area contributed by atoms with Gasteiger partial charge in [0.25, 0.3) is 0 Å². The third-order valence-electron chi connectivity index (χ3n) is 2.66. The summed E-state index contributed by atoms with van der Waals surface area (Å²) in [6.45, 7) is 2.08. The van der Waals surface area contributed by atoms with E-state index >= 15 is 0 Å². The number of para-hydroxylation sites is 1. The summed E-state index contributed by atoms with van der Waals surface area (Å²) >= 11 is 0. The molecule has 0 aromatic heterocycles. The number of esters is 1. The normalized spacial score (nSPS) is 11.8. The summed E-state index contributed by atoms with van der Waals surface area (Å²) in [6, 6.07) is 18.1. The molecule has 0 bridgehead atoms. The van der Waals surface area contributed by atoms with Gasteiger partial charge in [-0.25, -0.2) is 4.79 Å². The van der Waals surface area contributed by atoms with Crippen molar-refractivity contribution in [2.75, 3.05) is 0 Å². The third-order valence-corrected chi connectivity index (χ3v) is 2.66. The highest BCUT2D eigenvalue weighted by Gasteiger charge is 2.15. The highest BCUT2D eigenvalue weighted by atomic mass is 16.6.